The molecule has 0 atom stereocenters. The van der Waals surface area contributed by atoms with E-state index in [0.717, 1.165) is 43.3 Å². The van der Waals surface area contributed by atoms with E-state index >= 15 is 0 Å². The van der Waals surface area contributed by atoms with Crippen LogP contribution < -0.4 is 10.1 Å². The number of nitrogens with one attached hydrogen (secondary N) is 1. The predicted octanol–water partition coefficient (Wildman–Crippen LogP) is 3.25. The second-order valence-corrected chi connectivity index (χ2v) is 7.45. The largest absolute Gasteiger partial charge is 0.497 e. The maximum absolute atomic E-state index is 13.0. The van der Waals surface area contributed by atoms with Crippen LogP contribution in [0.3, 0.4) is 0 Å². The van der Waals surface area contributed by atoms with Crippen LogP contribution in [0.25, 0.3) is 11.3 Å². The minimum Gasteiger partial charge on any atom is -0.497 e. The smallest absolute Gasteiger partial charge is 0.238 e. The number of hydrogen-bond acceptors (Lipinski definition) is 6. The van der Waals surface area contributed by atoms with Crippen molar-refractivity contribution in [2.24, 2.45) is 0 Å². The summed E-state index contributed by atoms with van der Waals surface area (Å²) >= 11 is 0. The molecule has 2 aromatic carbocycles. The number of carbonyl (C=O) groups excluding carboxylic acids is 1. The molecule has 1 aliphatic rings. The van der Waals surface area contributed by atoms with Gasteiger partial charge in [0.25, 0.3) is 0 Å². The Hall–Kier alpha value is -3.23. The lowest BCUT2D eigenvalue weighted by atomic mass is 10.2. The third-order valence-corrected chi connectivity index (χ3v) is 5.25. The number of oxazole rings is 1. The van der Waals surface area contributed by atoms with Gasteiger partial charge in [-0.3, -0.25) is 14.6 Å². The molecule has 8 heteroatoms. The molecule has 2 heterocycles. The van der Waals surface area contributed by atoms with E-state index < -0.39 is 0 Å². The molecule has 0 spiro atoms. The van der Waals surface area contributed by atoms with Crippen LogP contribution in [0.1, 0.15) is 5.89 Å². The third kappa shape index (κ3) is 5.68. The van der Waals surface area contributed by atoms with Gasteiger partial charge in [0.2, 0.25) is 11.8 Å². The molecule has 1 fully saturated rings. The number of aromatic nitrogens is 1. The highest BCUT2D eigenvalue weighted by Gasteiger charge is 2.20. The first-order valence-corrected chi connectivity index (χ1v) is 10.2. The number of carbonyl (C=O) groups is 1. The molecule has 1 aromatic heterocycles. The van der Waals surface area contributed by atoms with Crippen molar-refractivity contribution in [2.75, 3.05) is 45.2 Å². The van der Waals surface area contributed by atoms with Gasteiger partial charge in [0.1, 0.15) is 11.6 Å². The van der Waals surface area contributed by atoms with Crippen molar-refractivity contribution >= 4 is 11.6 Å². The molecule has 0 saturated carbocycles. The maximum Gasteiger partial charge on any atom is 0.238 e. The number of benzene rings is 2. The topological polar surface area (TPSA) is 70.8 Å². The zero-order valence-electron chi connectivity index (χ0n) is 17.4. The Morgan fingerprint density at radius 2 is 1.74 bits per heavy atom. The zero-order valence-corrected chi connectivity index (χ0v) is 17.4. The van der Waals surface area contributed by atoms with E-state index in [1.54, 1.807) is 25.4 Å². The van der Waals surface area contributed by atoms with Gasteiger partial charge in [0.15, 0.2) is 5.76 Å². The number of hydrogen-bond donors (Lipinski definition) is 1. The highest BCUT2D eigenvalue weighted by atomic mass is 19.1. The van der Waals surface area contributed by atoms with Gasteiger partial charge >= 0.3 is 0 Å². The van der Waals surface area contributed by atoms with Gasteiger partial charge in [-0.2, -0.15) is 0 Å². The van der Waals surface area contributed by atoms with Crippen LogP contribution in [0.15, 0.2) is 59.1 Å². The number of rotatable bonds is 7. The van der Waals surface area contributed by atoms with Crippen LogP contribution in [0.5, 0.6) is 5.75 Å². The summed E-state index contributed by atoms with van der Waals surface area (Å²) < 4.78 is 24.1. The van der Waals surface area contributed by atoms with Gasteiger partial charge < -0.3 is 14.5 Å². The fraction of sp³-hybridized carbons (Fsp3) is 0.304. The van der Waals surface area contributed by atoms with Crippen molar-refractivity contribution in [1.29, 1.82) is 0 Å². The first-order valence-electron chi connectivity index (χ1n) is 10.2. The number of nitrogens with zero attached hydrogens (tertiary/aromatic N) is 3. The van der Waals surface area contributed by atoms with E-state index in [4.69, 9.17) is 9.15 Å². The average molecular weight is 424 g/mol. The molecule has 1 saturated heterocycles. The molecule has 4 rings (SSSR count). The molecule has 31 heavy (non-hydrogen) atoms. The van der Waals surface area contributed by atoms with Crippen LogP contribution in [-0.2, 0) is 11.3 Å². The molecule has 0 unspecified atom stereocenters. The Morgan fingerprint density at radius 1 is 1.06 bits per heavy atom. The van der Waals surface area contributed by atoms with Crippen LogP contribution in [0, 0.1) is 5.82 Å². The van der Waals surface area contributed by atoms with Crippen molar-refractivity contribution in [2.45, 2.75) is 6.54 Å². The highest BCUT2D eigenvalue weighted by molar-refractivity contribution is 5.92. The lowest BCUT2D eigenvalue weighted by Gasteiger charge is -2.33. The van der Waals surface area contributed by atoms with E-state index in [1.165, 1.54) is 12.1 Å². The van der Waals surface area contributed by atoms with Crippen molar-refractivity contribution in [3.63, 3.8) is 0 Å². The maximum atomic E-state index is 13.0. The van der Waals surface area contributed by atoms with E-state index in [-0.39, 0.29) is 11.7 Å². The molecule has 1 aliphatic heterocycles. The summed E-state index contributed by atoms with van der Waals surface area (Å²) in [6, 6.07) is 13.4. The molecule has 0 aliphatic carbocycles. The molecule has 162 valence electrons. The van der Waals surface area contributed by atoms with Crippen molar-refractivity contribution in [3.8, 4) is 17.1 Å². The Kier molecular flexibility index (Phi) is 6.59. The summed E-state index contributed by atoms with van der Waals surface area (Å²) in [5.74, 6) is 1.78. The van der Waals surface area contributed by atoms with Crippen LogP contribution >= 0.6 is 0 Å². The summed E-state index contributed by atoms with van der Waals surface area (Å²) in [4.78, 5) is 21.0. The molecular weight excluding hydrogens is 399 g/mol. The fourth-order valence-electron chi connectivity index (χ4n) is 3.51. The number of methoxy groups -OCH3 is 1. The summed E-state index contributed by atoms with van der Waals surface area (Å²) in [5, 5.41) is 2.80. The summed E-state index contributed by atoms with van der Waals surface area (Å²) in [5.41, 5.74) is 1.55. The normalized spacial score (nSPS) is 15.0. The van der Waals surface area contributed by atoms with E-state index in [0.29, 0.717) is 24.7 Å². The van der Waals surface area contributed by atoms with Crippen LogP contribution in [0.4, 0.5) is 10.1 Å². The Bertz CT molecular complexity index is 996. The SMILES string of the molecule is COc1ccc(-c2cnc(CN3CCN(CC(=O)Nc4ccc(F)cc4)CC3)o2)cc1. The second kappa shape index (κ2) is 9.72. The first kappa shape index (κ1) is 21.0. The van der Waals surface area contributed by atoms with Gasteiger partial charge in [-0.1, -0.05) is 0 Å². The van der Waals surface area contributed by atoms with E-state index in [2.05, 4.69) is 20.1 Å². The van der Waals surface area contributed by atoms with E-state index in [9.17, 15) is 9.18 Å². The quantitative estimate of drug-likeness (QED) is 0.628. The van der Waals surface area contributed by atoms with Crippen molar-refractivity contribution in [3.05, 3.63) is 66.4 Å². The Balaban J connectivity index is 1.23. The van der Waals surface area contributed by atoms with Crippen LogP contribution in [-0.4, -0.2) is 60.5 Å². The average Bonchev–Trinajstić information content (AvgIpc) is 3.25. The zero-order chi connectivity index (χ0) is 21.6. The number of amides is 1. The Morgan fingerprint density at radius 3 is 2.42 bits per heavy atom. The van der Waals surface area contributed by atoms with E-state index in [1.807, 2.05) is 24.3 Å². The van der Waals surface area contributed by atoms with Gasteiger partial charge in [0.05, 0.1) is 26.4 Å². The molecule has 1 N–H and O–H groups in total. The second-order valence-electron chi connectivity index (χ2n) is 7.45. The molecule has 0 radical (unpaired) electrons. The first-order chi connectivity index (χ1) is 15.1. The molecule has 7 nitrogen and oxygen atoms in total. The van der Waals surface area contributed by atoms with Gasteiger partial charge in [-0.15, -0.1) is 0 Å². The summed E-state index contributed by atoms with van der Waals surface area (Å²) in [7, 11) is 1.64. The lowest BCUT2D eigenvalue weighted by molar-refractivity contribution is -0.117. The van der Waals surface area contributed by atoms with Gasteiger partial charge in [0, 0.05) is 37.4 Å². The minimum atomic E-state index is -0.323. The number of halogens is 1. The molecule has 3 aromatic rings. The number of piperazine rings is 1. The summed E-state index contributed by atoms with van der Waals surface area (Å²) in [6.45, 7) is 4.15. The molecular formula is C23H25FN4O3. The fourth-order valence-corrected chi connectivity index (χ4v) is 3.51. The van der Waals surface area contributed by atoms with Crippen LogP contribution in [0.2, 0.25) is 0 Å². The summed E-state index contributed by atoms with van der Waals surface area (Å²) in [6.07, 6.45) is 1.74. The Labute approximate surface area is 180 Å². The van der Waals surface area contributed by atoms with Crippen molar-refractivity contribution in [1.82, 2.24) is 14.8 Å². The number of ether oxygens (including phenoxy) is 1. The minimum absolute atomic E-state index is 0.100. The third-order valence-electron chi connectivity index (χ3n) is 5.25. The molecule has 1 amide bonds. The van der Waals surface area contributed by atoms with Gasteiger partial charge in [-0.25, -0.2) is 9.37 Å². The molecule has 0 bridgehead atoms. The standard InChI is InChI=1S/C23H25FN4O3/c1-30-20-8-2-17(3-9-20)21-14-25-23(31-21)16-28-12-10-27(11-13-28)15-22(29)26-19-6-4-18(24)5-7-19/h2-9,14H,10-13,15-16H2,1H3,(H,26,29). The highest BCUT2D eigenvalue weighted by Crippen LogP contribution is 2.23. The van der Waals surface area contributed by atoms with Gasteiger partial charge in [-0.05, 0) is 48.5 Å². The van der Waals surface area contributed by atoms with Crippen molar-refractivity contribution < 1.29 is 18.3 Å². The monoisotopic (exact) mass is 424 g/mol. The predicted molar refractivity (Wildman–Crippen MR) is 115 cm³/mol. The lowest BCUT2D eigenvalue weighted by Crippen LogP contribution is -2.48. The number of anilines is 1.